The third kappa shape index (κ3) is 5.33. The van der Waals surface area contributed by atoms with Crippen LogP contribution in [0.2, 0.25) is 0 Å². The molecule has 0 bridgehead atoms. The first-order valence-corrected chi connectivity index (χ1v) is 8.52. The molecule has 2 aromatic rings. The number of hydrogen-bond donors (Lipinski definition) is 2. The number of nitrogens with one attached hydrogen (secondary N) is 1. The molecule has 0 aliphatic carbocycles. The van der Waals surface area contributed by atoms with Gasteiger partial charge < -0.3 is 15.2 Å². The smallest absolute Gasteiger partial charge is 0.308 e. The molecule has 1 saturated heterocycles. The number of thiophene rings is 1. The fraction of sp³-hybridized carbons (Fsp3) is 0.353. The molecule has 25 heavy (non-hydrogen) atoms. The third-order valence-corrected chi connectivity index (χ3v) is 4.81. The minimum absolute atomic E-state index is 0. The van der Waals surface area contributed by atoms with E-state index in [4.69, 9.17) is 4.74 Å². The maximum absolute atomic E-state index is 11.1. The van der Waals surface area contributed by atoms with E-state index in [0.717, 1.165) is 31.7 Å². The van der Waals surface area contributed by atoms with Gasteiger partial charge in [-0.3, -0.25) is 9.69 Å². The molecule has 0 amide bonds. The lowest BCUT2D eigenvalue weighted by Crippen LogP contribution is -2.45. The van der Waals surface area contributed by atoms with Crippen LogP contribution in [0.15, 0.2) is 35.7 Å². The molecule has 2 heterocycles. The molecule has 0 radical (unpaired) electrons. The van der Waals surface area contributed by atoms with E-state index in [2.05, 4.69) is 21.7 Å². The minimum Gasteiger partial charge on any atom is -0.504 e. The number of nitrogens with zero attached hydrogens (tertiary/aromatic N) is 1. The summed E-state index contributed by atoms with van der Waals surface area (Å²) < 4.78 is 5.01. The van der Waals surface area contributed by atoms with Crippen LogP contribution in [0.3, 0.4) is 0 Å². The van der Waals surface area contributed by atoms with Gasteiger partial charge in [-0.2, -0.15) is 0 Å². The first-order chi connectivity index (χ1) is 11.1. The van der Waals surface area contributed by atoms with Crippen molar-refractivity contribution in [3.63, 3.8) is 0 Å². The Kier molecular flexibility index (Phi) is 8.68. The Balaban J connectivity index is 0.00000156. The molecular formula is C17H22Cl2N2O3S. The zero-order valence-electron chi connectivity index (χ0n) is 13.8. The van der Waals surface area contributed by atoms with Crippen molar-refractivity contribution < 1.29 is 14.6 Å². The molecule has 1 fully saturated rings. The lowest BCUT2D eigenvalue weighted by Gasteiger charge is -2.34. The standard InChI is InChI=1S/C17H20N2O3S.2ClH/c1-12(20)22-15-5-4-13(11-14(15)21)17(16-3-2-10-23-16)19-8-6-18-7-9-19;;/h2-5,10-11,17-18,21H,6-9H2,1H3;2*1H/t17-;;/m0../s1. The molecule has 1 aromatic heterocycles. The van der Waals surface area contributed by atoms with Crippen molar-refractivity contribution in [1.29, 1.82) is 0 Å². The van der Waals surface area contributed by atoms with Crippen molar-refractivity contribution in [2.75, 3.05) is 26.2 Å². The summed E-state index contributed by atoms with van der Waals surface area (Å²) in [6.45, 7) is 5.14. The Bertz CT molecular complexity index is 677. The van der Waals surface area contributed by atoms with Crippen LogP contribution in [-0.2, 0) is 4.79 Å². The number of aromatic hydroxyl groups is 1. The zero-order chi connectivity index (χ0) is 16.2. The molecular weight excluding hydrogens is 383 g/mol. The predicted molar refractivity (Wildman–Crippen MR) is 105 cm³/mol. The van der Waals surface area contributed by atoms with Crippen molar-refractivity contribution in [2.24, 2.45) is 0 Å². The zero-order valence-corrected chi connectivity index (χ0v) is 16.3. The quantitative estimate of drug-likeness (QED) is 0.604. The second-order valence-corrected chi connectivity index (χ2v) is 6.50. The summed E-state index contributed by atoms with van der Waals surface area (Å²) in [4.78, 5) is 14.7. The van der Waals surface area contributed by atoms with E-state index in [9.17, 15) is 9.90 Å². The lowest BCUT2D eigenvalue weighted by molar-refractivity contribution is -0.132. The van der Waals surface area contributed by atoms with Gasteiger partial charge in [-0.15, -0.1) is 36.2 Å². The molecule has 0 spiro atoms. The number of phenols is 1. The van der Waals surface area contributed by atoms with Crippen LogP contribution in [0, 0.1) is 0 Å². The molecule has 1 aliphatic rings. The molecule has 1 atom stereocenters. The predicted octanol–water partition coefficient (Wildman–Crippen LogP) is 3.22. The van der Waals surface area contributed by atoms with Crippen LogP contribution >= 0.6 is 36.2 Å². The molecule has 5 nitrogen and oxygen atoms in total. The van der Waals surface area contributed by atoms with Crippen molar-refractivity contribution in [1.82, 2.24) is 10.2 Å². The van der Waals surface area contributed by atoms with E-state index in [1.54, 1.807) is 23.5 Å². The van der Waals surface area contributed by atoms with Gasteiger partial charge in [-0.25, -0.2) is 0 Å². The highest BCUT2D eigenvalue weighted by Gasteiger charge is 2.25. The number of benzene rings is 1. The summed E-state index contributed by atoms with van der Waals surface area (Å²) in [5.74, 6) is -0.245. The van der Waals surface area contributed by atoms with Crippen molar-refractivity contribution in [2.45, 2.75) is 13.0 Å². The molecule has 0 unspecified atom stereocenters. The first-order valence-electron chi connectivity index (χ1n) is 7.64. The number of halogens is 2. The van der Waals surface area contributed by atoms with Gasteiger partial charge in [0.2, 0.25) is 0 Å². The Morgan fingerprint density at radius 1 is 1.28 bits per heavy atom. The number of esters is 1. The maximum Gasteiger partial charge on any atom is 0.308 e. The van der Waals surface area contributed by atoms with E-state index < -0.39 is 5.97 Å². The maximum atomic E-state index is 11.1. The number of carbonyl (C=O) groups excluding carboxylic acids is 1. The Labute approximate surface area is 163 Å². The molecule has 0 saturated carbocycles. The largest absolute Gasteiger partial charge is 0.504 e. The van der Waals surface area contributed by atoms with Gasteiger partial charge in [0.05, 0.1) is 6.04 Å². The summed E-state index contributed by atoms with van der Waals surface area (Å²) in [6, 6.07) is 9.55. The van der Waals surface area contributed by atoms with Crippen molar-refractivity contribution in [3.05, 3.63) is 46.2 Å². The highest BCUT2D eigenvalue weighted by molar-refractivity contribution is 7.10. The van der Waals surface area contributed by atoms with Gasteiger partial charge in [-0.1, -0.05) is 12.1 Å². The monoisotopic (exact) mass is 404 g/mol. The number of carbonyl (C=O) groups is 1. The van der Waals surface area contributed by atoms with E-state index in [1.165, 1.54) is 11.8 Å². The first kappa shape index (κ1) is 21.7. The Hall–Kier alpha value is -1.31. The summed E-state index contributed by atoms with van der Waals surface area (Å²) in [6.07, 6.45) is 0. The number of hydrogen-bond acceptors (Lipinski definition) is 6. The number of rotatable bonds is 4. The van der Waals surface area contributed by atoms with Crippen LogP contribution in [-0.4, -0.2) is 42.2 Å². The molecule has 1 aromatic carbocycles. The highest BCUT2D eigenvalue weighted by Crippen LogP contribution is 2.36. The van der Waals surface area contributed by atoms with Gasteiger partial charge in [0.25, 0.3) is 0 Å². The van der Waals surface area contributed by atoms with Crippen LogP contribution < -0.4 is 10.1 Å². The summed E-state index contributed by atoms with van der Waals surface area (Å²) in [7, 11) is 0. The Morgan fingerprint density at radius 2 is 2.00 bits per heavy atom. The average Bonchev–Trinajstić information content (AvgIpc) is 3.05. The topological polar surface area (TPSA) is 61.8 Å². The summed E-state index contributed by atoms with van der Waals surface area (Å²) in [5.41, 5.74) is 1.00. The van der Waals surface area contributed by atoms with E-state index in [1.807, 2.05) is 12.1 Å². The number of phenolic OH excluding ortho intramolecular Hbond substituents is 1. The van der Waals surface area contributed by atoms with Crippen LogP contribution in [0.1, 0.15) is 23.4 Å². The fourth-order valence-corrected chi connectivity index (χ4v) is 3.77. The normalized spacial score (nSPS) is 15.6. The van der Waals surface area contributed by atoms with Crippen molar-refractivity contribution in [3.8, 4) is 11.5 Å². The van der Waals surface area contributed by atoms with E-state index >= 15 is 0 Å². The molecule has 8 heteroatoms. The van der Waals surface area contributed by atoms with Crippen molar-refractivity contribution >= 4 is 42.1 Å². The fourth-order valence-electron chi connectivity index (χ4n) is 2.89. The van der Waals surface area contributed by atoms with Gasteiger partial charge in [-0.05, 0) is 29.1 Å². The minimum atomic E-state index is -0.440. The SMILES string of the molecule is CC(=O)Oc1ccc([C@@H](c2cccs2)N2CCNCC2)cc1O.Cl.Cl. The number of ether oxygens (including phenoxy) is 1. The lowest BCUT2D eigenvalue weighted by atomic mass is 10.0. The summed E-state index contributed by atoms with van der Waals surface area (Å²) >= 11 is 1.71. The second-order valence-electron chi connectivity index (χ2n) is 5.52. The van der Waals surface area contributed by atoms with Gasteiger partial charge in [0.15, 0.2) is 11.5 Å². The van der Waals surface area contributed by atoms with E-state index in [0.29, 0.717) is 0 Å². The van der Waals surface area contributed by atoms with Gasteiger partial charge in [0, 0.05) is 38.0 Å². The second kappa shape index (κ2) is 9.99. The van der Waals surface area contributed by atoms with Crippen LogP contribution in [0.25, 0.3) is 0 Å². The summed E-state index contributed by atoms with van der Waals surface area (Å²) in [5, 5.41) is 15.6. The molecule has 3 rings (SSSR count). The average molecular weight is 405 g/mol. The Morgan fingerprint density at radius 3 is 2.56 bits per heavy atom. The van der Waals surface area contributed by atoms with Crippen LogP contribution in [0.5, 0.6) is 11.5 Å². The third-order valence-electron chi connectivity index (χ3n) is 3.88. The van der Waals surface area contributed by atoms with E-state index in [-0.39, 0.29) is 42.4 Å². The molecule has 138 valence electrons. The molecule has 1 aliphatic heterocycles. The van der Waals surface area contributed by atoms with Crippen LogP contribution in [0.4, 0.5) is 0 Å². The number of piperazine rings is 1. The molecule has 2 N–H and O–H groups in total. The highest BCUT2D eigenvalue weighted by atomic mass is 35.5. The van der Waals surface area contributed by atoms with Gasteiger partial charge >= 0.3 is 5.97 Å². The van der Waals surface area contributed by atoms with Gasteiger partial charge in [0.1, 0.15) is 0 Å².